The van der Waals surface area contributed by atoms with Gasteiger partial charge in [-0.15, -0.1) is 0 Å². The predicted molar refractivity (Wildman–Crippen MR) is 76.4 cm³/mol. The van der Waals surface area contributed by atoms with Crippen LogP contribution in [-0.4, -0.2) is 35.8 Å². The molecular weight excluding hydrogens is 256 g/mol. The molecule has 1 fully saturated rings. The SMILES string of the molecule is CC1(NC(=O)C(N)Cc2ccc(O)cc2)CCCOC1. The lowest BCUT2D eigenvalue weighted by Crippen LogP contribution is -2.56. The summed E-state index contributed by atoms with van der Waals surface area (Å²) in [5, 5.41) is 12.2. The Morgan fingerprint density at radius 3 is 2.80 bits per heavy atom. The first-order chi connectivity index (χ1) is 9.48. The van der Waals surface area contributed by atoms with Crippen LogP contribution in [0, 0.1) is 0 Å². The van der Waals surface area contributed by atoms with E-state index in [1.54, 1.807) is 24.3 Å². The minimum atomic E-state index is -0.599. The molecule has 1 aromatic carbocycles. The third kappa shape index (κ3) is 3.95. The summed E-state index contributed by atoms with van der Waals surface area (Å²) >= 11 is 0. The molecule has 1 aromatic rings. The number of benzene rings is 1. The van der Waals surface area contributed by atoms with Crippen molar-refractivity contribution in [2.24, 2.45) is 5.73 Å². The summed E-state index contributed by atoms with van der Waals surface area (Å²) in [7, 11) is 0. The van der Waals surface area contributed by atoms with Crippen LogP contribution in [-0.2, 0) is 16.0 Å². The Morgan fingerprint density at radius 1 is 1.50 bits per heavy atom. The molecular formula is C15H22N2O3. The number of hydrogen-bond donors (Lipinski definition) is 3. The van der Waals surface area contributed by atoms with Crippen molar-refractivity contribution in [1.82, 2.24) is 5.32 Å². The molecule has 0 saturated carbocycles. The maximum absolute atomic E-state index is 12.1. The highest BCUT2D eigenvalue weighted by Crippen LogP contribution is 2.18. The van der Waals surface area contributed by atoms with E-state index in [0.717, 1.165) is 25.0 Å². The molecule has 110 valence electrons. The molecule has 1 amide bonds. The Balaban J connectivity index is 1.89. The van der Waals surface area contributed by atoms with Crippen molar-refractivity contribution in [3.63, 3.8) is 0 Å². The van der Waals surface area contributed by atoms with Crippen LogP contribution in [0.15, 0.2) is 24.3 Å². The van der Waals surface area contributed by atoms with Crippen LogP contribution in [0.5, 0.6) is 5.75 Å². The van der Waals surface area contributed by atoms with Crippen LogP contribution >= 0.6 is 0 Å². The smallest absolute Gasteiger partial charge is 0.237 e. The van der Waals surface area contributed by atoms with Crippen LogP contribution in [0.25, 0.3) is 0 Å². The molecule has 0 bridgehead atoms. The van der Waals surface area contributed by atoms with E-state index in [9.17, 15) is 9.90 Å². The predicted octanol–water partition coefficient (Wildman–Crippen LogP) is 0.947. The Kier molecular flexibility index (Phi) is 4.62. The summed E-state index contributed by atoms with van der Waals surface area (Å²) < 4.78 is 5.41. The molecule has 20 heavy (non-hydrogen) atoms. The highest BCUT2D eigenvalue weighted by molar-refractivity contribution is 5.82. The lowest BCUT2D eigenvalue weighted by molar-refractivity contribution is -0.125. The normalized spacial score (nSPS) is 24.1. The number of rotatable bonds is 4. The standard InChI is InChI=1S/C15H22N2O3/c1-15(7-2-8-20-10-15)17-14(19)13(16)9-11-3-5-12(18)6-4-11/h3-6,13,18H,2,7-10,16H2,1H3,(H,17,19). The van der Waals surface area contributed by atoms with Gasteiger partial charge in [0.2, 0.25) is 5.91 Å². The van der Waals surface area contributed by atoms with E-state index in [0.29, 0.717) is 13.0 Å². The molecule has 0 radical (unpaired) electrons. The van der Waals surface area contributed by atoms with Crippen LogP contribution in [0.1, 0.15) is 25.3 Å². The van der Waals surface area contributed by atoms with Crippen LogP contribution in [0.2, 0.25) is 0 Å². The van der Waals surface area contributed by atoms with Gasteiger partial charge in [0.25, 0.3) is 0 Å². The van der Waals surface area contributed by atoms with Gasteiger partial charge in [0, 0.05) is 6.61 Å². The zero-order valence-electron chi connectivity index (χ0n) is 11.8. The van der Waals surface area contributed by atoms with Gasteiger partial charge < -0.3 is 20.9 Å². The van der Waals surface area contributed by atoms with E-state index >= 15 is 0 Å². The lowest BCUT2D eigenvalue weighted by atomic mass is 9.94. The number of hydrogen-bond acceptors (Lipinski definition) is 4. The third-order valence-electron chi connectivity index (χ3n) is 3.59. The van der Waals surface area contributed by atoms with Gasteiger partial charge in [-0.3, -0.25) is 4.79 Å². The first-order valence-electron chi connectivity index (χ1n) is 6.92. The van der Waals surface area contributed by atoms with Gasteiger partial charge in [0.15, 0.2) is 0 Å². The minimum Gasteiger partial charge on any atom is -0.508 e. The lowest BCUT2D eigenvalue weighted by Gasteiger charge is -2.35. The fraction of sp³-hybridized carbons (Fsp3) is 0.533. The fourth-order valence-electron chi connectivity index (χ4n) is 2.40. The van der Waals surface area contributed by atoms with Crippen molar-refractivity contribution in [2.75, 3.05) is 13.2 Å². The van der Waals surface area contributed by atoms with E-state index in [1.165, 1.54) is 0 Å². The van der Waals surface area contributed by atoms with Gasteiger partial charge in [0.05, 0.1) is 18.2 Å². The molecule has 0 aliphatic carbocycles. The van der Waals surface area contributed by atoms with Crippen molar-refractivity contribution >= 4 is 5.91 Å². The van der Waals surface area contributed by atoms with Crippen molar-refractivity contribution in [2.45, 2.75) is 37.8 Å². The number of carbonyl (C=O) groups is 1. The fourth-order valence-corrected chi connectivity index (χ4v) is 2.40. The Labute approximate surface area is 119 Å². The van der Waals surface area contributed by atoms with E-state index in [2.05, 4.69) is 5.32 Å². The van der Waals surface area contributed by atoms with Gasteiger partial charge in [-0.05, 0) is 43.9 Å². The van der Waals surface area contributed by atoms with Gasteiger partial charge in [-0.2, -0.15) is 0 Å². The summed E-state index contributed by atoms with van der Waals surface area (Å²) in [5.41, 5.74) is 6.56. The van der Waals surface area contributed by atoms with E-state index < -0.39 is 6.04 Å². The molecule has 5 nitrogen and oxygen atoms in total. The summed E-state index contributed by atoms with van der Waals surface area (Å²) in [6, 6.07) is 6.13. The highest BCUT2D eigenvalue weighted by atomic mass is 16.5. The van der Waals surface area contributed by atoms with Crippen molar-refractivity contribution in [3.05, 3.63) is 29.8 Å². The first kappa shape index (κ1) is 14.8. The Hall–Kier alpha value is -1.59. The minimum absolute atomic E-state index is 0.161. The maximum Gasteiger partial charge on any atom is 0.237 e. The number of aromatic hydroxyl groups is 1. The number of ether oxygens (including phenoxy) is 1. The maximum atomic E-state index is 12.1. The molecule has 2 atom stereocenters. The molecule has 1 aliphatic rings. The Bertz CT molecular complexity index is 453. The van der Waals surface area contributed by atoms with Gasteiger partial charge in [-0.25, -0.2) is 0 Å². The van der Waals surface area contributed by atoms with E-state index in [1.807, 2.05) is 6.92 Å². The molecule has 2 unspecified atom stereocenters. The number of carbonyl (C=O) groups excluding carboxylic acids is 1. The number of phenols is 1. The monoisotopic (exact) mass is 278 g/mol. The molecule has 4 N–H and O–H groups in total. The molecule has 5 heteroatoms. The Morgan fingerprint density at radius 2 is 2.20 bits per heavy atom. The van der Waals surface area contributed by atoms with Crippen molar-refractivity contribution in [3.8, 4) is 5.75 Å². The molecule has 0 aromatic heterocycles. The molecule has 2 rings (SSSR count). The quantitative estimate of drug-likeness (QED) is 0.765. The van der Waals surface area contributed by atoms with Crippen LogP contribution in [0.3, 0.4) is 0 Å². The first-order valence-corrected chi connectivity index (χ1v) is 6.92. The molecule has 1 aliphatic heterocycles. The highest BCUT2D eigenvalue weighted by Gasteiger charge is 2.30. The van der Waals surface area contributed by atoms with Crippen LogP contribution < -0.4 is 11.1 Å². The second kappa shape index (κ2) is 6.24. The molecule has 1 saturated heterocycles. The second-order valence-corrected chi connectivity index (χ2v) is 5.68. The van der Waals surface area contributed by atoms with Gasteiger partial charge in [0.1, 0.15) is 5.75 Å². The zero-order valence-corrected chi connectivity index (χ0v) is 11.8. The summed E-state index contributed by atoms with van der Waals surface area (Å²) in [6.07, 6.45) is 2.30. The molecule has 0 spiro atoms. The van der Waals surface area contributed by atoms with Crippen molar-refractivity contribution < 1.29 is 14.6 Å². The van der Waals surface area contributed by atoms with Crippen LogP contribution in [0.4, 0.5) is 0 Å². The van der Waals surface area contributed by atoms with Gasteiger partial charge >= 0.3 is 0 Å². The third-order valence-corrected chi connectivity index (χ3v) is 3.59. The summed E-state index contributed by atoms with van der Waals surface area (Å²) in [6.45, 7) is 3.27. The largest absolute Gasteiger partial charge is 0.508 e. The summed E-state index contributed by atoms with van der Waals surface area (Å²) in [4.78, 5) is 12.1. The average molecular weight is 278 g/mol. The number of nitrogens with one attached hydrogen (secondary N) is 1. The van der Waals surface area contributed by atoms with E-state index in [4.69, 9.17) is 10.5 Å². The zero-order chi connectivity index (χ0) is 14.6. The molecule has 1 heterocycles. The topological polar surface area (TPSA) is 84.6 Å². The number of phenolic OH excluding ortho intramolecular Hbond substituents is 1. The van der Waals surface area contributed by atoms with E-state index in [-0.39, 0.29) is 17.2 Å². The average Bonchev–Trinajstić information content (AvgIpc) is 2.41. The van der Waals surface area contributed by atoms with Crippen molar-refractivity contribution in [1.29, 1.82) is 0 Å². The summed E-state index contributed by atoms with van der Waals surface area (Å²) in [5.74, 6) is 0.0460. The number of amides is 1. The van der Waals surface area contributed by atoms with Gasteiger partial charge in [-0.1, -0.05) is 12.1 Å². The second-order valence-electron chi connectivity index (χ2n) is 5.68. The number of nitrogens with two attached hydrogens (primary N) is 1.